The number of rotatable bonds is 6. The summed E-state index contributed by atoms with van der Waals surface area (Å²) in [6.07, 6.45) is 7.32. The van der Waals surface area contributed by atoms with Crippen molar-refractivity contribution in [3.05, 3.63) is 0 Å². The van der Waals surface area contributed by atoms with Gasteiger partial charge < -0.3 is 0 Å². The van der Waals surface area contributed by atoms with Crippen molar-refractivity contribution >= 4 is 0 Å². The highest BCUT2D eigenvalue weighted by molar-refractivity contribution is 5.05. The van der Waals surface area contributed by atoms with Gasteiger partial charge in [-0.25, -0.2) is 8.78 Å². The lowest BCUT2D eigenvalue weighted by atomic mass is 9.96. The molecule has 0 unspecified atom stereocenters. The van der Waals surface area contributed by atoms with Crippen molar-refractivity contribution in [3.63, 3.8) is 0 Å². The van der Waals surface area contributed by atoms with Gasteiger partial charge in [0.25, 0.3) is 5.92 Å². The second kappa shape index (κ2) is 13.4. The molecule has 0 aromatic heterocycles. The SMILES string of the molecule is CC(C)[C@@H]1CC(F)(F)CN1C(C)C.CC(C)[C@@H]1CC2(CC2)CN1C(C)C.CC(C)[C@@H]1CCCN1C(C)C. The molecule has 1 aliphatic carbocycles. The Morgan fingerprint density at radius 1 is 0.568 bits per heavy atom. The van der Waals surface area contributed by atoms with Crippen molar-refractivity contribution in [2.45, 2.75) is 164 Å². The van der Waals surface area contributed by atoms with Gasteiger partial charge in [-0.15, -0.1) is 0 Å². The van der Waals surface area contributed by atoms with Crippen molar-refractivity contribution in [1.82, 2.24) is 14.7 Å². The molecule has 0 radical (unpaired) electrons. The Kier molecular flexibility index (Phi) is 11.9. The average molecular weight is 528 g/mol. The van der Waals surface area contributed by atoms with E-state index in [2.05, 4.69) is 65.2 Å². The van der Waals surface area contributed by atoms with Gasteiger partial charge in [0.05, 0.1) is 6.54 Å². The number of alkyl halides is 2. The molecule has 37 heavy (non-hydrogen) atoms. The fourth-order valence-electron chi connectivity index (χ4n) is 7.08. The molecule has 0 amide bonds. The van der Waals surface area contributed by atoms with Gasteiger partial charge in [-0.1, -0.05) is 41.5 Å². The minimum atomic E-state index is -2.47. The van der Waals surface area contributed by atoms with E-state index in [0.29, 0.717) is 5.92 Å². The molecule has 4 fully saturated rings. The molecule has 0 N–H and O–H groups in total. The van der Waals surface area contributed by atoms with Crippen LogP contribution in [0.15, 0.2) is 0 Å². The molecule has 5 heteroatoms. The molecule has 1 saturated carbocycles. The van der Waals surface area contributed by atoms with Crippen LogP contribution in [0.1, 0.15) is 122 Å². The minimum absolute atomic E-state index is 0.0306. The highest BCUT2D eigenvalue weighted by Crippen LogP contribution is 2.56. The average Bonchev–Trinajstić information content (AvgIpc) is 3.13. The van der Waals surface area contributed by atoms with E-state index in [9.17, 15) is 8.78 Å². The lowest BCUT2D eigenvalue weighted by Gasteiger charge is -2.30. The third kappa shape index (κ3) is 9.13. The maximum atomic E-state index is 13.1. The second-order valence-corrected chi connectivity index (χ2v) is 14.7. The quantitative estimate of drug-likeness (QED) is 0.345. The van der Waals surface area contributed by atoms with E-state index in [1.54, 1.807) is 0 Å². The number of halogens is 2. The topological polar surface area (TPSA) is 9.72 Å². The van der Waals surface area contributed by atoms with Gasteiger partial charge in [0.15, 0.2) is 0 Å². The van der Waals surface area contributed by atoms with Crippen LogP contribution in [0.4, 0.5) is 8.78 Å². The third-order valence-electron chi connectivity index (χ3n) is 9.53. The Morgan fingerprint density at radius 2 is 1.00 bits per heavy atom. The van der Waals surface area contributed by atoms with Crippen LogP contribution in [0.5, 0.6) is 0 Å². The van der Waals surface area contributed by atoms with Crippen molar-refractivity contribution < 1.29 is 8.78 Å². The lowest BCUT2D eigenvalue weighted by molar-refractivity contribution is 0.00915. The summed E-state index contributed by atoms with van der Waals surface area (Å²) in [5, 5.41) is 0. The first kappa shape index (κ1) is 32.9. The summed E-state index contributed by atoms with van der Waals surface area (Å²) in [5.74, 6) is -0.489. The highest BCUT2D eigenvalue weighted by atomic mass is 19.3. The van der Waals surface area contributed by atoms with Crippen LogP contribution >= 0.6 is 0 Å². The van der Waals surface area contributed by atoms with E-state index >= 15 is 0 Å². The molecule has 3 saturated heterocycles. The first-order valence-corrected chi connectivity index (χ1v) is 15.7. The predicted molar refractivity (Wildman–Crippen MR) is 156 cm³/mol. The molecule has 4 aliphatic rings. The zero-order valence-electron chi connectivity index (χ0n) is 26.7. The summed E-state index contributed by atoms with van der Waals surface area (Å²) in [6, 6.07) is 3.48. The van der Waals surface area contributed by atoms with Gasteiger partial charge in [-0.2, -0.15) is 0 Å². The summed E-state index contributed by atoms with van der Waals surface area (Å²) >= 11 is 0. The Hall–Kier alpha value is -0.260. The molecular formula is C32H63F2N3. The van der Waals surface area contributed by atoms with Crippen molar-refractivity contribution in [3.8, 4) is 0 Å². The van der Waals surface area contributed by atoms with Crippen molar-refractivity contribution in [2.24, 2.45) is 23.2 Å². The summed E-state index contributed by atoms with van der Waals surface area (Å²) in [6.45, 7) is 29.4. The monoisotopic (exact) mass is 527 g/mol. The molecule has 220 valence electrons. The fraction of sp³-hybridized carbons (Fsp3) is 1.00. The zero-order valence-corrected chi connectivity index (χ0v) is 26.7. The Bertz CT molecular complexity index is 589. The van der Waals surface area contributed by atoms with Crippen LogP contribution in [0, 0.1) is 23.2 Å². The van der Waals surface area contributed by atoms with Crippen LogP contribution in [-0.4, -0.2) is 76.5 Å². The molecule has 0 aromatic carbocycles. The highest BCUT2D eigenvalue weighted by Gasteiger charge is 2.52. The predicted octanol–water partition coefficient (Wildman–Crippen LogP) is 8.18. The van der Waals surface area contributed by atoms with Crippen LogP contribution < -0.4 is 0 Å². The van der Waals surface area contributed by atoms with Gasteiger partial charge in [-0.05, 0) is 103 Å². The third-order valence-corrected chi connectivity index (χ3v) is 9.53. The molecule has 3 heterocycles. The number of hydrogen-bond acceptors (Lipinski definition) is 3. The maximum Gasteiger partial charge on any atom is 0.262 e. The van der Waals surface area contributed by atoms with E-state index in [-0.39, 0.29) is 25.0 Å². The first-order valence-electron chi connectivity index (χ1n) is 15.7. The summed E-state index contributed by atoms with van der Waals surface area (Å²) in [7, 11) is 0. The number of hydrogen-bond donors (Lipinski definition) is 0. The van der Waals surface area contributed by atoms with Gasteiger partial charge in [0.1, 0.15) is 0 Å². The molecular weight excluding hydrogens is 464 g/mol. The van der Waals surface area contributed by atoms with Crippen LogP contribution in [0.25, 0.3) is 0 Å². The molecule has 0 aromatic rings. The summed E-state index contributed by atoms with van der Waals surface area (Å²) < 4.78 is 26.2. The van der Waals surface area contributed by atoms with Crippen molar-refractivity contribution in [2.75, 3.05) is 19.6 Å². The fourth-order valence-corrected chi connectivity index (χ4v) is 7.08. The smallest absolute Gasteiger partial charge is 0.262 e. The molecule has 3 atom stereocenters. The Labute approximate surface area is 230 Å². The number of nitrogens with zero attached hydrogens (tertiary/aromatic N) is 3. The second-order valence-electron chi connectivity index (χ2n) is 14.7. The van der Waals surface area contributed by atoms with Crippen LogP contribution in [0.2, 0.25) is 0 Å². The first-order chi connectivity index (χ1) is 17.0. The van der Waals surface area contributed by atoms with E-state index in [1.165, 1.54) is 45.2 Å². The summed E-state index contributed by atoms with van der Waals surface area (Å²) in [4.78, 5) is 7.30. The lowest BCUT2D eigenvalue weighted by Crippen LogP contribution is -2.39. The minimum Gasteiger partial charge on any atom is -0.298 e. The van der Waals surface area contributed by atoms with Crippen molar-refractivity contribution in [1.29, 1.82) is 0 Å². The molecule has 3 aliphatic heterocycles. The molecule has 0 bridgehead atoms. The van der Waals surface area contributed by atoms with E-state index < -0.39 is 5.92 Å². The van der Waals surface area contributed by atoms with Gasteiger partial charge in [0.2, 0.25) is 0 Å². The van der Waals surface area contributed by atoms with Gasteiger partial charge in [0, 0.05) is 49.2 Å². The maximum absolute atomic E-state index is 13.1. The Morgan fingerprint density at radius 3 is 1.32 bits per heavy atom. The van der Waals surface area contributed by atoms with Crippen LogP contribution in [-0.2, 0) is 0 Å². The van der Waals surface area contributed by atoms with E-state index in [1.807, 2.05) is 32.6 Å². The van der Waals surface area contributed by atoms with Crippen LogP contribution in [0.3, 0.4) is 0 Å². The normalized spacial score (nSPS) is 29.7. The van der Waals surface area contributed by atoms with Gasteiger partial charge >= 0.3 is 0 Å². The number of likely N-dealkylation sites (tertiary alicyclic amines) is 3. The largest absolute Gasteiger partial charge is 0.298 e. The van der Waals surface area contributed by atoms with E-state index in [4.69, 9.17) is 0 Å². The molecule has 4 rings (SSSR count). The Balaban J connectivity index is 0.000000196. The zero-order chi connectivity index (χ0) is 28.3. The van der Waals surface area contributed by atoms with Gasteiger partial charge in [-0.3, -0.25) is 14.7 Å². The molecule has 1 spiro atoms. The molecule has 3 nitrogen and oxygen atoms in total. The standard InChI is InChI=1S/C12H23N.C10H19F2N.C10H21N/c1-9(2)11-7-12(5-6-12)8-13(11)10(3)4;1-7(2)9-5-10(11,12)6-13(9)8(3)4;1-8(2)10-6-5-7-11(10)9(3)4/h9-11H,5-8H2,1-4H3;7-9H,5-6H2,1-4H3;8-10H,5-7H2,1-4H3/t11-;9-;10-/m000/s1. The summed E-state index contributed by atoms with van der Waals surface area (Å²) in [5.41, 5.74) is 0.777. The van der Waals surface area contributed by atoms with E-state index in [0.717, 1.165) is 41.4 Å².